The lowest BCUT2D eigenvalue weighted by Gasteiger charge is -2.37. The van der Waals surface area contributed by atoms with Crippen molar-refractivity contribution >= 4 is 6.03 Å². The van der Waals surface area contributed by atoms with Crippen LogP contribution in [0.15, 0.2) is 0 Å². The molecular weight excluding hydrogens is 294 g/mol. The van der Waals surface area contributed by atoms with Gasteiger partial charge in [-0.1, -0.05) is 0 Å². The molecule has 2 amide bonds. The summed E-state index contributed by atoms with van der Waals surface area (Å²) in [6.45, 7) is 10.6. The average molecular weight is 327 g/mol. The highest BCUT2D eigenvalue weighted by molar-refractivity contribution is 5.74. The molecule has 0 unspecified atom stereocenters. The first-order valence-electron chi connectivity index (χ1n) is 8.71. The molecule has 2 aliphatic rings. The molecule has 134 valence electrons. The van der Waals surface area contributed by atoms with Crippen LogP contribution in [0.1, 0.15) is 47.0 Å². The maximum Gasteiger partial charge on any atom is 0.317 e. The van der Waals surface area contributed by atoms with E-state index < -0.39 is 0 Å². The molecule has 2 aliphatic heterocycles. The van der Waals surface area contributed by atoms with Crippen LogP contribution in [-0.4, -0.2) is 77.5 Å². The molecule has 6 nitrogen and oxygen atoms in total. The van der Waals surface area contributed by atoms with Crippen LogP contribution in [0.5, 0.6) is 0 Å². The van der Waals surface area contributed by atoms with E-state index in [0.29, 0.717) is 12.6 Å². The Bertz CT molecular complexity index is 417. The van der Waals surface area contributed by atoms with E-state index >= 15 is 0 Å². The first kappa shape index (κ1) is 18.5. The van der Waals surface area contributed by atoms with Gasteiger partial charge in [-0.15, -0.1) is 0 Å². The predicted molar refractivity (Wildman–Crippen MR) is 90.5 cm³/mol. The molecule has 0 aromatic rings. The number of rotatable bonds is 4. The first-order chi connectivity index (χ1) is 10.6. The second-order valence-corrected chi connectivity index (χ2v) is 8.09. The Morgan fingerprint density at radius 1 is 1.30 bits per heavy atom. The van der Waals surface area contributed by atoms with Gasteiger partial charge in [-0.25, -0.2) is 4.79 Å². The molecule has 2 rings (SSSR count). The lowest BCUT2D eigenvalue weighted by atomic mass is 9.94. The van der Waals surface area contributed by atoms with Gasteiger partial charge in [-0.05, 0) is 54.0 Å². The number of urea groups is 1. The van der Waals surface area contributed by atoms with Crippen molar-refractivity contribution < 1.29 is 14.6 Å². The molecule has 2 heterocycles. The average Bonchev–Trinajstić information content (AvgIpc) is 2.66. The van der Waals surface area contributed by atoms with Crippen LogP contribution in [0.3, 0.4) is 0 Å². The molecular formula is C17H33N3O3. The number of carbonyl (C=O) groups is 1. The van der Waals surface area contributed by atoms with E-state index in [9.17, 15) is 4.79 Å². The van der Waals surface area contributed by atoms with Crippen LogP contribution < -0.4 is 5.32 Å². The summed E-state index contributed by atoms with van der Waals surface area (Å²) in [6, 6.07) is 0.517. The number of ether oxygens (including phenoxy) is 1. The fraction of sp³-hybridized carbons (Fsp3) is 0.941. The van der Waals surface area contributed by atoms with Crippen LogP contribution >= 0.6 is 0 Å². The third-order valence-electron chi connectivity index (χ3n) is 5.20. The minimum Gasteiger partial charge on any atom is -0.395 e. The van der Waals surface area contributed by atoms with Gasteiger partial charge < -0.3 is 25.0 Å². The van der Waals surface area contributed by atoms with E-state index in [1.807, 2.05) is 25.8 Å². The maximum absolute atomic E-state index is 12.6. The summed E-state index contributed by atoms with van der Waals surface area (Å²) < 4.78 is 6.05. The van der Waals surface area contributed by atoms with Gasteiger partial charge in [0.1, 0.15) is 0 Å². The Kier molecular flexibility index (Phi) is 5.59. The molecule has 0 aromatic carbocycles. The number of nitrogens with one attached hydrogen (secondary N) is 1. The number of amides is 2. The van der Waals surface area contributed by atoms with Gasteiger partial charge in [0.15, 0.2) is 0 Å². The zero-order valence-electron chi connectivity index (χ0n) is 15.3. The summed E-state index contributed by atoms with van der Waals surface area (Å²) in [4.78, 5) is 16.7. The summed E-state index contributed by atoms with van der Waals surface area (Å²) in [5.74, 6) is 0. The predicted octanol–water partition coefficient (Wildman–Crippen LogP) is 1.43. The second-order valence-electron chi connectivity index (χ2n) is 8.09. The molecule has 2 saturated heterocycles. The maximum atomic E-state index is 12.6. The minimum absolute atomic E-state index is 0.0210. The number of carbonyl (C=O) groups excluding carboxylic acids is 1. The van der Waals surface area contributed by atoms with Crippen molar-refractivity contribution in [2.24, 2.45) is 0 Å². The summed E-state index contributed by atoms with van der Waals surface area (Å²) in [6.07, 6.45) is 2.75. The summed E-state index contributed by atoms with van der Waals surface area (Å²) >= 11 is 0. The summed E-state index contributed by atoms with van der Waals surface area (Å²) in [5, 5.41) is 12.2. The van der Waals surface area contributed by atoms with E-state index in [-0.39, 0.29) is 29.9 Å². The Morgan fingerprint density at radius 3 is 2.39 bits per heavy atom. The van der Waals surface area contributed by atoms with Crippen LogP contribution in [0, 0.1) is 0 Å². The van der Waals surface area contributed by atoms with E-state index in [1.165, 1.54) is 0 Å². The highest BCUT2D eigenvalue weighted by atomic mass is 16.5. The van der Waals surface area contributed by atoms with Gasteiger partial charge in [-0.2, -0.15) is 0 Å². The molecule has 0 bridgehead atoms. The third kappa shape index (κ3) is 4.58. The Balaban J connectivity index is 1.84. The highest BCUT2D eigenvalue weighted by Gasteiger charge is 2.46. The molecule has 2 N–H and O–H groups in total. The van der Waals surface area contributed by atoms with E-state index in [1.54, 1.807) is 0 Å². The van der Waals surface area contributed by atoms with Gasteiger partial charge in [0.2, 0.25) is 0 Å². The van der Waals surface area contributed by atoms with Crippen molar-refractivity contribution in [3.8, 4) is 0 Å². The van der Waals surface area contributed by atoms with Crippen molar-refractivity contribution in [1.29, 1.82) is 0 Å². The lowest BCUT2D eigenvalue weighted by Crippen LogP contribution is -2.54. The SMILES string of the molecule is CN(CCO)C1CCN(C(=O)N[C@H]2CC(C)(C)OC2(C)C)CC1. The summed E-state index contributed by atoms with van der Waals surface area (Å²) in [5.41, 5.74) is -0.528. The largest absolute Gasteiger partial charge is 0.395 e. The van der Waals surface area contributed by atoms with E-state index in [0.717, 1.165) is 32.4 Å². The van der Waals surface area contributed by atoms with Gasteiger partial charge in [0.05, 0.1) is 23.9 Å². The molecule has 0 radical (unpaired) electrons. The molecule has 2 fully saturated rings. The van der Waals surface area contributed by atoms with Crippen molar-refractivity contribution in [3.63, 3.8) is 0 Å². The van der Waals surface area contributed by atoms with Gasteiger partial charge in [-0.3, -0.25) is 0 Å². The van der Waals surface area contributed by atoms with E-state index in [2.05, 4.69) is 24.1 Å². The van der Waals surface area contributed by atoms with Crippen LogP contribution in [0.25, 0.3) is 0 Å². The second kappa shape index (κ2) is 6.95. The summed E-state index contributed by atoms with van der Waals surface area (Å²) in [7, 11) is 2.04. The number of likely N-dealkylation sites (N-methyl/N-ethyl adjacent to an activating group) is 1. The number of hydrogen-bond donors (Lipinski definition) is 2. The first-order valence-corrected chi connectivity index (χ1v) is 8.71. The molecule has 0 aromatic heterocycles. The zero-order chi connectivity index (χ0) is 17.3. The highest BCUT2D eigenvalue weighted by Crippen LogP contribution is 2.37. The van der Waals surface area contributed by atoms with Gasteiger partial charge >= 0.3 is 6.03 Å². The lowest BCUT2D eigenvalue weighted by molar-refractivity contribution is -0.0693. The quantitative estimate of drug-likeness (QED) is 0.820. The molecule has 0 spiro atoms. The number of piperidine rings is 1. The monoisotopic (exact) mass is 327 g/mol. The standard InChI is InChI=1S/C17H33N3O3/c1-16(2)12-14(17(3,4)23-16)18-15(22)20-8-6-13(7-9-20)19(5)10-11-21/h13-14,21H,6-12H2,1-5H3,(H,18,22)/t14-/m0/s1. The van der Waals surface area contributed by atoms with Crippen molar-refractivity contribution in [3.05, 3.63) is 0 Å². The number of likely N-dealkylation sites (tertiary alicyclic amines) is 1. The van der Waals surface area contributed by atoms with Crippen molar-refractivity contribution in [1.82, 2.24) is 15.1 Å². The van der Waals surface area contributed by atoms with E-state index in [4.69, 9.17) is 9.84 Å². The minimum atomic E-state index is -0.334. The number of aliphatic hydroxyl groups excluding tert-OH is 1. The fourth-order valence-electron chi connectivity index (χ4n) is 3.88. The number of nitrogens with zero attached hydrogens (tertiary/aromatic N) is 2. The zero-order valence-corrected chi connectivity index (χ0v) is 15.3. The van der Waals surface area contributed by atoms with Crippen LogP contribution in [0.2, 0.25) is 0 Å². The number of hydrogen-bond acceptors (Lipinski definition) is 4. The Hall–Kier alpha value is -0.850. The topological polar surface area (TPSA) is 65.0 Å². The van der Waals surface area contributed by atoms with Gasteiger partial charge in [0.25, 0.3) is 0 Å². The van der Waals surface area contributed by atoms with Crippen LogP contribution in [0.4, 0.5) is 4.79 Å². The normalized spacial score (nSPS) is 27.4. The third-order valence-corrected chi connectivity index (χ3v) is 5.20. The van der Waals surface area contributed by atoms with Crippen molar-refractivity contribution in [2.75, 3.05) is 33.3 Å². The molecule has 0 aliphatic carbocycles. The fourth-order valence-corrected chi connectivity index (χ4v) is 3.88. The molecule has 6 heteroatoms. The molecule has 1 atom stereocenters. The van der Waals surface area contributed by atoms with Crippen molar-refractivity contribution in [2.45, 2.75) is 70.2 Å². The smallest absolute Gasteiger partial charge is 0.317 e. The Morgan fingerprint density at radius 2 is 1.91 bits per heavy atom. The number of aliphatic hydroxyl groups is 1. The van der Waals surface area contributed by atoms with Crippen LogP contribution in [-0.2, 0) is 4.74 Å². The molecule has 0 saturated carbocycles. The Labute approximate surface area is 140 Å². The molecule has 23 heavy (non-hydrogen) atoms. The van der Waals surface area contributed by atoms with Gasteiger partial charge in [0, 0.05) is 25.7 Å².